The van der Waals surface area contributed by atoms with Crippen molar-refractivity contribution in [2.24, 2.45) is 17.1 Å². The molecule has 0 radical (unpaired) electrons. The lowest BCUT2D eigenvalue weighted by Gasteiger charge is -2.57. The molecule has 1 saturated carbocycles. The normalized spacial score (nSPS) is 42.1. The summed E-state index contributed by atoms with van der Waals surface area (Å²) in [6.07, 6.45) is 1.18. The fourth-order valence-corrected chi connectivity index (χ4v) is 3.79. The van der Waals surface area contributed by atoms with E-state index in [1.54, 1.807) is 11.3 Å². The zero-order chi connectivity index (χ0) is 10.3. The molecule has 0 aliphatic heterocycles. The van der Waals surface area contributed by atoms with Crippen molar-refractivity contribution in [1.82, 2.24) is 0 Å². The van der Waals surface area contributed by atoms with Gasteiger partial charge in [-0.25, -0.2) is 0 Å². The standard InChI is InChI=1S/C12H19NS/c1-4-12(3)10(8(2)11(12)13)9-5-6-14-7-9/h5-8,10-11H,4,13H2,1-3H3. The molecule has 0 aromatic carbocycles. The van der Waals surface area contributed by atoms with E-state index < -0.39 is 0 Å². The maximum Gasteiger partial charge on any atom is 0.0131 e. The maximum absolute atomic E-state index is 6.21. The van der Waals surface area contributed by atoms with E-state index >= 15 is 0 Å². The highest BCUT2D eigenvalue weighted by atomic mass is 32.1. The average molecular weight is 209 g/mol. The molecular formula is C12H19NS. The zero-order valence-electron chi connectivity index (χ0n) is 9.16. The Kier molecular flexibility index (Phi) is 2.44. The van der Waals surface area contributed by atoms with Gasteiger partial charge in [0.2, 0.25) is 0 Å². The van der Waals surface area contributed by atoms with E-state index in [4.69, 9.17) is 5.73 Å². The third kappa shape index (κ3) is 1.17. The molecule has 2 heteroatoms. The first kappa shape index (κ1) is 10.2. The molecule has 1 aromatic rings. The fourth-order valence-electron chi connectivity index (χ4n) is 3.09. The fraction of sp³-hybridized carbons (Fsp3) is 0.667. The van der Waals surface area contributed by atoms with E-state index in [0.717, 1.165) is 0 Å². The van der Waals surface area contributed by atoms with Gasteiger partial charge in [-0.05, 0) is 46.1 Å². The molecule has 1 aliphatic carbocycles. The topological polar surface area (TPSA) is 26.0 Å². The highest BCUT2D eigenvalue weighted by molar-refractivity contribution is 7.08. The molecular weight excluding hydrogens is 190 g/mol. The van der Waals surface area contributed by atoms with Gasteiger partial charge in [-0.1, -0.05) is 20.8 Å². The van der Waals surface area contributed by atoms with Gasteiger partial charge in [-0.2, -0.15) is 11.3 Å². The van der Waals surface area contributed by atoms with E-state index in [2.05, 4.69) is 37.6 Å². The van der Waals surface area contributed by atoms with Crippen LogP contribution in [0.4, 0.5) is 0 Å². The van der Waals surface area contributed by atoms with Crippen LogP contribution in [0.15, 0.2) is 16.8 Å². The van der Waals surface area contributed by atoms with E-state index in [1.165, 1.54) is 12.0 Å². The Hall–Kier alpha value is -0.340. The lowest BCUT2D eigenvalue weighted by atomic mass is 9.49. The molecule has 0 bridgehead atoms. The highest BCUT2D eigenvalue weighted by Gasteiger charge is 2.54. The van der Waals surface area contributed by atoms with Gasteiger partial charge in [0.25, 0.3) is 0 Å². The van der Waals surface area contributed by atoms with Crippen molar-refractivity contribution in [3.8, 4) is 0 Å². The molecule has 2 rings (SSSR count). The Labute approximate surface area is 90.3 Å². The molecule has 1 heterocycles. The maximum atomic E-state index is 6.21. The molecule has 0 spiro atoms. The van der Waals surface area contributed by atoms with Crippen LogP contribution in [0.25, 0.3) is 0 Å². The summed E-state index contributed by atoms with van der Waals surface area (Å²) in [7, 11) is 0. The molecule has 14 heavy (non-hydrogen) atoms. The molecule has 1 nitrogen and oxygen atoms in total. The predicted octanol–water partition coefficient (Wildman–Crippen LogP) is 3.23. The van der Waals surface area contributed by atoms with Crippen molar-refractivity contribution in [3.63, 3.8) is 0 Å². The van der Waals surface area contributed by atoms with E-state index in [9.17, 15) is 0 Å². The number of rotatable bonds is 2. The Morgan fingerprint density at radius 1 is 1.57 bits per heavy atom. The van der Waals surface area contributed by atoms with Gasteiger partial charge in [0, 0.05) is 6.04 Å². The summed E-state index contributed by atoms with van der Waals surface area (Å²) < 4.78 is 0. The molecule has 0 amide bonds. The minimum absolute atomic E-state index is 0.320. The monoisotopic (exact) mass is 209 g/mol. The van der Waals surface area contributed by atoms with E-state index in [1.807, 2.05) is 0 Å². The quantitative estimate of drug-likeness (QED) is 0.795. The summed E-state index contributed by atoms with van der Waals surface area (Å²) >= 11 is 1.79. The molecule has 78 valence electrons. The number of hydrogen-bond donors (Lipinski definition) is 1. The lowest BCUT2D eigenvalue weighted by Crippen LogP contribution is -2.60. The first-order valence-corrected chi connectivity index (χ1v) is 6.33. The molecule has 4 unspecified atom stereocenters. The van der Waals surface area contributed by atoms with Crippen LogP contribution in [-0.4, -0.2) is 6.04 Å². The van der Waals surface area contributed by atoms with Crippen LogP contribution in [0.1, 0.15) is 38.7 Å². The largest absolute Gasteiger partial charge is 0.327 e. The summed E-state index contributed by atoms with van der Waals surface area (Å²) in [5, 5.41) is 4.45. The van der Waals surface area contributed by atoms with Gasteiger partial charge in [-0.15, -0.1) is 0 Å². The van der Waals surface area contributed by atoms with Gasteiger partial charge >= 0.3 is 0 Å². The van der Waals surface area contributed by atoms with Gasteiger partial charge in [-0.3, -0.25) is 0 Å². The third-order valence-electron chi connectivity index (χ3n) is 4.23. The van der Waals surface area contributed by atoms with Gasteiger partial charge < -0.3 is 5.73 Å². The van der Waals surface area contributed by atoms with Gasteiger partial charge in [0.15, 0.2) is 0 Å². The summed E-state index contributed by atoms with van der Waals surface area (Å²) in [6.45, 7) is 6.87. The molecule has 2 N–H and O–H groups in total. The third-order valence-corrected chi connectivity index (χ3v) is 4.93. The minimum atomic E-state index is 0.320. The second kappa shape index (κ2) is 3.35. The number of thiophene rings is 1. The number of nitrogens with two attached hydrogens (primary N) is 1. The zero-order valence-corrected chi connectivity index (χ0v) is 9.97. The lowest BCUT2D eigenvalue weighted by molar-refractivity contribution is 0.00386. The second-order valence-electron chi connectivity index (χ2n) is 4.78. The van der Waals surface area contributed by atoms with Crippen LogP contribution in [0.3, 0.4) is 0 Å². The molecule has 0 saturated heterocycles. The van der Waals surface area contributed by atoms with Crippen molar-refractivity contribution >= 4 is 11.3 Å². The first-order valence-electron chi connectivity index (χ1n) is 5.39. The molecule has 1 aromatic heterocycles. The van der Waals surface area contributed by atoms with Crippen LogP contribution in [0.2, 0.25) is 0 Å². The van der Waals surface area contributed by atoms with Gasteiger partial charge in [0.1, 0.15) is 0 Å². The van der Waals surface area contributed by atoms with Crippen LogP contribution in [-0.2, 0) is 0 Å². The Bertz CT molecular complexity index is 306. The Morgan fingerprint density at radius 2 is 2.29 bits per heavy atom. The summed E-state index contributed by atoms with van der Waals surface area (Å²) in [6, 6.07) is 2.63. The van der Waals surface area contributed by atoms with Crippen molar-refractivity contribution in [2.75, 3.05) is 0 Å². The first-order chi connectivity index (χ1) is 6.61. The Morgan fingerprint density at radius 3 is 2.79 bits per heavy atom. The van der Waals surface area contributed by atoms with E-state index in [-0.39, 0.29) is 0 Å². The molecule has 4 atom stereocenters. The SMILES string of the molecule is CCC1(C)C(N)C(C)C1c1ccsc1. The van der Waals surface area contributed by atoms with Gasteiger partial charge in [0.05, 0.1) is 0 Å². The van der Waals surface area contributed by atoms with Crippen molar-refractivity contribution < 1.29 is 0 Å². The van der Waals surface area contributed by atoms with Crippen molar-refractivity contribution in [3.05, 3.63) is 22.4 Å². The van der Waals surface area contributed by atoms with Crippen molar-refractivity contribution in [2.45, 2.75) is 39.2 Å². The summed E-state index contributed by atoms with van der Waals surface area (Å²) in [5.74, 6) is 1.31. The van der Waals surface area contributed by atoms with E-state index in [0.29, 0.717) is 23.3 Å². The number of hydrogen-bond acceptors (Lipinski definition) is 2. The summed E-state index contributed by atoms with van der Waals surface area (Å²) in [4.78, 5) is 0. The Balaban J connectivity index is 2.28. The molecule has 1 fully saturated rings. The minimum Gasteiger partial charge on any atom is -0.327 e. The molecule has 1 aliphatic rings. The van der Waals surface area contributed by atoms with Crippen LogP contribution >= 0.6 is 11.3 Å². The van der Waals surface area contributed by atoms with Crippen LogP contribution < -0.4 is 5.73 Å². The van der Waals surface area contributed by atoms with Crippen molar-refractivity contribution in [1.29, 1.82) is 0 Å². The second-order valence-corrected chi connectivity index (χ2v) is 5.56. The smallest absolute Gasteiger partial charge is 0.0131 e. The van der Waals surface area contributed by atoms with Crippen LogP contribution in [0, 0.1) is 11.3 Å². The highest BCUT2D eigenvalue weighted by Crippen LogP contribution is 2.57. The predicted molar refractivity (Wildman–Crippen MR) is 62.6 cm³/mol. The summed E-state index contributed by atoms with van der Waals surface area (Å²) in [5.41, 5.74) is 8.02. The van der Waals surface area contributed by atoms with Crippen LogP contribution in [0.5, 0.6) is 0 Å². The average Bonchev–Trinajstić information content (AvgIpc) is 2.70.